The molecule has 25 heavy (non-hydrogen) atoms. The molecule has 0 bridgehead atoms. The van der Waals surface area contributed by atoms with Crippen molar-refractivity contribution in [2.75, 3.05) is 5.32 Å². The minimum Gasteiger partial charge on any atom is -0.326 e. The molecule has 2 aromatic carbocycles. The summed E-state index contributed by atoms with van der Waals surface area (Å²) in [6, 6.07) is 18.6. The Kier molecular flexibility index (Phi) is 5.06. The van der Waals surface area contributed by atoms with Crippen LogP contribution in [0.3, 0.4) is 0 Å². The van der Waals surface area contributed by atoms with Crippen molar-refractivity contribution in [3.05, 3.63) is 92.7 Å². The van der Waals surface area contributed by atoms with Crippen molar-refractivity contribution >= 4 is 28.7 Å². The molecule has 0 saturated heterocycles. The number of anilines is 1. The lowest BCUT2D eigenvalue weighted by Crippen LogP contribution is -2.32. The van der Waals surface area contributed by atoms with Crippen molar-refractivity contribution in [3.8, 4) is 0 Å². The number of rotatable bonds is 5. The molecule has 2 amide bonds. The van der Waals surface area contributed by atoms with E-state index in [0.29, 0.717) is 5.69 Å². The molecular formula is C18H15N3O3S. The second kappa shape index (κ2) is 7.59. The third kappa shape index (κ3) is 4.21. The van der Waals surface area contributed by atoms with Crippen molar-refractivity contribution in [1.29, 1.82) is 0 Å². The number of non-ortho nitro benzene ring substituents is 1. The highest BCUT2D eigenvalue weighted by atomic mass is 32.1. The predicted molar refractivity (Wildman–Crippen MR) is 97.9 cm³/mol. The summed E-state index contributed by atoms with van der Waals surface area (Å²) in [4.78, 5) is 23.7. The highest BCUT2D eigenvalue weighted by Gasteiger charge is 2.18. The zero-order chi connectivity index (χ0) is 17.6. The number of carbonyl (C=O) groups excluding carboxylic acids is 1. The van der Waals surface area contributed by atoms with E-state index in [1.165, 1.54) is 18.2 Å². The van der Waals surface area contributed by atoms with Gasteiger partial charge in [0.2, 0.25) is 0 Å². The molecule has 0 aliphatic heterocycles. The normalized spacial score (nSPS) is 11.5. The number of nitro groups is 1. The van der Waals surface area contributed by atoms with Crippen molar-refractivity contribution < 1.29 is 9.72 Å². The number of carbonyl (C=O) groups is 1. The van der Waals surface area contributed by atoms with Crippen LogP contribution in [-0.4, -0.2) is 11.0 Å². The van der Waals surface area contributed by atoms with Crippen molar-refractivity contribution in [2.24, 2.45) is 0 Å². The molecule has 6 nitrogen and oxygen atoms in total. The zero-order valence-electron chi connectivity index (χ0n) is 13.1. The molecule has 1 heterocycles. The molecule has 0 unspecified atom stereocenters. The van der Waals surface area contributed by atoms with Gasteiger partial charge in [-0.2, -0.15) is 0 Å². The minimum atomic E-state index is -0.499. The number of amides is 2. The number of nitrogens with zero attached hydrogens (tertiary/aromatic N) is 1. The standard InChI is InChI=1S/C18H15N3O3S/c22-18(19-14-8-4-9-15(12-14)21(23)24)20-17(16-10-5-11-25-16)13-6-2-1-3-7-13/h1-12,17H,(H2,19,20,22)/t17-/m0/s1. The maximum absolute atomic E-state index is 12.4. The third-order valence-corrected chi connectivity index (χ3v) is 4.49. The monoisotopic (exact) mass is 353 g/mol. The van der Waals surface area contributed by atoms with Gasteiger partial charge in [0.25, 0.3) is 5.69 Å². The van der Waals surface area contributed by atoms with Crippen LogP contribution in [0.15, 0.2) is 72.1 Å². The highest BCUT2D eigenvalue weighted by molar-refractivity contribution is 7.10. The number of hydrogen-bond donors (Lipinski definition) is 2. The van der Waals surface area contributed by atoms with Crippen LogP contribution in [0.25, 0.3) is 0 Å². The Bertz CT molecular complexity index is 866. The fourth-order valence-corrected chi connectivity index (χ4v) is 3.22. The van der Waals surface area contributed by atoms with Crippen LogP contribution < -0.4 is 10.6 Å². The van der Waals surface area contributed by atoms with Crippen LogP contribution in [0, 0.1) is 10.1 Å². The van der Waals surface area contributed by atoms with Crippen molar-refractivity contribution in [2.45, 2.75) is 6.04 Å². The van der Waals surface area contributed by atoms with Crippen molar-refractivity contribution in [3.63, 3.8) is 0 Å². The SMILES string of the molecule is O=C(Nc1cccc([N+](=O)[O-])c1)N[C@@H](c1ccccc1)c1cccs1. The first kappa shape index (κ1) is 16.7. The third-order valence-electron chi connectivity index (χ3n) is 3.55. The van der Waals surface area contributed by atoms with Gasteiger partial charge in [0.05, 0.1) is 11.0 Å². The summed E-state index contributed by atoms with van der Waals surface area (Å²) in [6.45, 7) is 0. The van der Waals surface area contributed by atoms with E-state index in [1.54, 1.807) is 17.4 Å². The minimum absolute atomic E-state index is 0.0735. The fraction of sp³-hybridized carbons (Fsp3) is 0.0556. The topological polar surface area (TPSA) is 84.3 Å². The van der Waals surface area contributed by atoms with E-state index >= 15 is 0 Å². The number of nitro benzene ring substituents is 1. The lowest BCUT2D eigenvalue weighted by molar-refractivity contribution is -0.384. The van der Waals surface area contributed by atoms with Gasteiger partial charge in [0.1, 0.15) is 0 Å². The van der Waals surface area contributed by atoms with Gasteiger partial charge in [-0.25, -0.2) is 4.79 Å². The first-order valence-corrected chi connectivity index (χ1v) is 8.42. The summed E-state index contributed by atoms with van der Waals surface area (Å²) in [7, 11) is 0. The Morgan fingerprint density at radius 2 is 1.84 bits per heavy atom. The van der Waals surface area contributed by atoms with Gasteiger partial charge in [-0.1, -0.05) is 42.5 Å². The van der Waals surface area contributed by atoms with E-state index in [0.717, 1.165) is 10.4 Å². The number of urea groups is 1. The lowest BCUT2D eigenvalue weighted by atomic mass is 10.1. The van der Waals surface area contributed by atoms with Gasteiger partial charge >= 0.3 is 6.03 Å². The van der Waals surface area contributed by atoms with E-state index in [-0.39, 0.29) is 11.7 Å². The van der Waals surface area contributed by atoms with Gasteiger partial charge in [-0.15, -0.1) is 11.3 Å². The second-order valence-corrected chi connectivity index (χ2v) is 6.24. The second-order valence-electron chi connectivity index (χ2n) is 5.27. The average molecular weight is 353 g/mol. The highest BCUT2D eigenvalue weighted by Crippen LogP contribution is 2.26. The van der Waals surface area contributed by atoms with Gasteiger partial charge in [0, 0.05) is 22.7 Å². The number of hydrogen-bond acceptors (Lipinski definition) is 4. The molecule has 3 rings (SSSR count). The van der Waals surface area contributed by atoms with Crippen LogP contribution in [-0.2, 0) is 0 Å². The quantitative estimate of drug-likeness (QED) is 0.520. The first-order chi connectivity index (χ1) is 12.1. The Morgan fingerprint density at radius 3 is 2.52 bits per heavy atom. The molecule has 7 heteroatoms. The van der Waals surface area contributed by atoms with Crippen LogP contribution in [0.1, 0.15) is 16.5 Å². The Balaban J connectivity index is 1.77. The summed E-state index contributed by atoms with van der Waals surface area (Å²) in [5, 5.41) is 18.4. The summed E-state index contributed by atoms with van der Waals surface area (Å²) in [6.07, 6.45) is 0. The molecule has 2 N–H and O–H groups in total. The Labute approximate surface area is 148 Å². The van der Waals surface area contributed by atoms with E-state index in [4.69, 9.17) is 0 Å². The van der Waals surface area contributed by atoms with Gasteiger partial charge in [0.15, 0.2) is 0 Å². The van der Waals surface area contributed by atoms with Crippen LogP contribution in [0.2, 0.25) is 0 Å². The smallest absolute Gasteiger partial charge is 0.320 e. The Morgan fingerprint density at radius 1 is 1.04 bits per heavy atom. The molecule has 1 atom stereocenters. The summed E-state index contributed by atoms with van der Waals surface area (Å²) in [5.41, 5.74) is 1.25. The first-order valence-electron chi connectivity index (χ1n) is 7.54. The van der Waals surface area contributed by atoms with Gasteiger partial charge in [-0.05, 0) is 23.1 Å². The molecule has 0 fully saturated rings. The van der Waals surface area contributed by atoms with Crippen LogP contribution in [0.4, 0.5) is 16.2 Å². The number of benzene rings is 2. The van der Waals surface area contributed by atoms with Crippen LogP contribution >= 0.6 is 11.3 Å². The number of thiophene rings is 1. The maximum Gasteiger partial charge on any atom is 0.320 e. The summed E-state index contributed by atoms with van der Waals surface area (Å²) in [5.74, 6) is 0. The maximum atomic E-state index is 12.4. The van der Waals surface area contributed by atoms with E-state index in [9.17, 15) is 14.9 Å². The molecule has 0 radical (unpaired) electrons. The molecule has 0 aliphatic rings. The molecule has 3 aromatic rings. The van der Waals surface area contributed by atoms with Gasteiger partial charge < -0.3 is 10.6 Å². The fourth-order valence-electron chi connectivity index (χ4n) is 2.42. The molecular weight excluding hydrogens is 338 g/mol. The van der Waals surface area contributed by atoms with Crippen molar-refractivity contribution in [1.82, 2.24) is 5.32 Å². The number of nitrogens with one attached hydrogen (secondary N) is 2. The molecule has 0 aliphatic carbocycles. The largest absolute Gasteiger partial charge is 0.326 e. The lowest BCUT2D eigenvalue weighted by Gasteiger charge is -2.18. The molecule has 0 saturated carbocycles. The molecule has 0 spiro atoms. The van der Waals surface area contributed by atoms with E-state index < -0.39 is 11.0 Å². The molecule has 1 aromatic heterocycles. The van der Waals surface area contributed by atoms with Gasteiger partial charge in [-0.3, -0.25) is 10.1 Å². The summed E-state index contributed by atoms with van der Waals surface area (Å²) < 4.78 is 0. The zero-order valence-corrected chi connectivity index (χ0v) is 13.9. The summed E-state index contributed by atoms with van der Waals surface area (Å²) >= 11 is 1.55. The van der Waals surface area contributed by atoms with E-state index in [2.05, 4.69) is 10.6 Å². The Hall–Kier alpha value is -3.19. The van der Waals surface area contributed by atoms with Crippen LogP contribution in [0.5, 0.6) is 0 Å². The van der Waals surface area contributed by atoms with E-state index in [1.807, 2.05) is 47.8 Å². The molecule has 126 valence electrons. The average Bonchev–Trinajstić information content (AvgIpc) is 3.15. The predicted octanol–water partition coefficient (Wildman–Crippen LogP) is 4.57.